The van der Waals surface area contributed by atoms with E-state index in [1.54, 1.807) is 0 Å². The van der Waals surface area contributed by atoms with Crippen LogP contribution in [0.3, 0.4) is 0 Å². The van der Waals surface area contributed by atoms with Crippen molar-refractivity contribution in [1.82, 2.24) is 0 Å². The van der Waals surface area contributed by atoms with E-state index in [9.17, 15) is 0 Å². The topological polar surface area (TPSA) is 0 Å². The first-order valence-electron chi connectivity index (χ1n) is 5.03. The van der Waals surface area contributed by atoms with E-state index in [1.165, 1.54) is 16.3 Å². The number of allylic oxidation sites excluding steroid dienone is 1. The highest BCUT2D eigenvalue weighted by Gasteiger charge is 2.02. The number of fused-ring (bicyclic) bond motifs is 1. The zero-order valence-electron chi connectivity index (χ0n) is 8.96. The van der Waals surface area contributed by atoms with Crippen molar-refractivity contribution in [2.45, 2.75) is 6.92 Å². The highest BCUT2D eigenvalue weighted by molar-refractivity contribution is 5.89. The molecule has 0 bridgehead atoms. The number of benzene rings is 2. The Bertz CT molecular complexity index is 533. The summed E-state index contributed by atoms with van der Waals surface area (Å²) in [5.74, 6) is 0. The van der Waals surface area contributed by atoms with Crippen LogP contribution in [0.1, 0.15) is 18.1 Å². The minimum Gasteiger partial charge on any atom is -0.0984 e. The summed E-state index contributed by atoms with van der Waals surface area (Å²) in [6, 6.07) is 12.7. The maximum absolute atomic E-state index is 3.99. The molecular weight excluding hydrogens is 180 g/mol. The molecule has 0 radical (unpaired) electrons. The molecule has 0 aliphatic rings. The normalized spacial score (nSPS) is 10.2. The molecule has 0 fully saturated rings. The van der Waals surface area contributed by atoms with Gasteiger partial charge in [0.1, 0.15) is 0 Å². The first-order valence-corrected chi connectivity index (χ1v) is 5.03. The van der Waals surface area contributed by atoms with Gasteiger partial charge in [-0.25, -0.2) is 0 Å². The van der Waals surface area contributed by atoms with Crippen molar-refractivity contribution in [2.75, 3.05) is 0 Å². The number of hydrogen-bond acceptors (Lipinski definition) is 0. The van der Waals surface area contributed by atoms with Gasteiger partial charge in [-0.05, 0) is 41.0 Å². The summed E-state index contributed by atoms with van der Waals surface area (Å²) in [6.45, 7) is 9.86. The van der Waals surface area contributed by atoms with Crippen LogP contribution in [0.25, 0.3) is 22.4 Å². The van der Waals surface area contributed by atoms with Gasteiger partial charge in [0.05, 0.1) is 0 Å². The molecule has 0 spiro atoms. The lowest BCUT2D eigenvalue weighted by atomic mass is 9.97. The Kier molecular flexibility index (Phi) is 2.42. The van der Waals surface area contributed by atoms with Crippen LogP contribution in [0.5, 0.6) is 0 Å². The molecule has 0 aliphatic heterocycles. The van der Waals surface area contributed by atoms with Gasteiger partial charge in [0.15, 0.2) is 0 Å². The van der Waals surface area contributed by atoms with Crippen LogP contribution in [0, 0.1) is 0 Å². The van der Waals surface area contributed by atoms with Crippen LogP contribution >= 0.6 is 0 Å². The fourth-order valence-electron chi connectivity index (χ4n) is 1.80. The van der Waals surface area contributed by atoms with Crippen LogP contribution in [0.4, 0.5) is 0 Å². The number of rotatable bonds is 2. The van der Waals surface area contributed by atoms with E-state index in [-0.39, 0.29) is 0 Å². The monoisotopic (exact) mass is 194 g/mol. The van der Waals surface area contributed by atoms with Crippen molar-refractivity contribution in [3.8, 4) is 0 Å². The van der Waals surface area contributed by atoms with Crippen molar-refractivity contribution in [1.29, 1.82) is 0 Å². The summed E-state index contributed by atoms with van der Waals surface area (Å²) < 4.78 is 0. The van der Waals surface area contributed by atoms with Gasteiger partial charge in [0, 0.05) is 0 Å². The first-order chi connectivity index (χ1) is 7.22. The predicted molar refractivity (Wildman–Crippen MR) is 68.7 cm³/mol. The van der Waals surface area contributed by atoms with E-state index in [1.807, 2.05) is 13.0 Å². The van der Waals surface area contributed by atoms with Crippen LogP contribution in [-0.2, 0) is 0 Å². The van der Waals surface area contributed by atoms with Crippen molar-refractivity contribution in [3.05, 3.63) is 60.7 Å². The van der Waals surface area contributed by atoms with Crippen LogP contribution < -0.4 is 0 Å². The summed E-state index contributed by atoms with van der Waals surface area (Å²) in [7, 11) is 0. The van der Waals surface area contributed by atoms with E-state index in [4.69, 9.17) is 0 Å². The average Bonchev–Trinajstić information content (AvgIpc) is 2.27. The maximum atomic E-state index is 3.99. The lowest BCUT2D eigenvalue weighted by Crippen LogP contribution is -1.85. The lowest BCUT2D eigenvalue weighted by Gasteiger charge is -2.07. The summed E-state index contributed by atoms with van der Waals surface area (Å²) >= 11 is 0. The largest absolute Gasteiger partial charge is 0.0984 e. The van der Waals surface area contributed by atoms with E-state index in [0.717, 1.165) is 11.1 Å². The van der Waals surface area contributed by atoms with Crippen molar-refractivity contribution in [3.63, 3.8) is 0 Å². The summed E-state index contributed by atoms with van der Waals surface area (Å²) in [5.41, 5.74) is 3.42. The van der Waals surface area contributed by atoms with Gasteiger partial charge in [-0.15, -0.1) is 0 Å². The fraction of sp³-hybridized carbons (Fsp3) is 0.0667. The van der Waals surface area contributed by atoms with Gasteiger partial charge in [0.25, 0.3) is 0 Å². The van der Waals surface area contributed by atoms with Gasteiger partial charge in [0.2, 0.25) is 0 Å². The van der Waals surface area contributed by atoms with Crippen LogP contribution in [0.15, 0.2) is 49.6 Å². The Morgan fingerprint density at radius 1 is 1.13 bits per heavy atom. The molecule has 74 valence electrons. The zero-order chi connectivity index (χ0) is 10.8. The van der Waals surface area contributed by atoms with Gasteiger partial charge in [-0.3, -0.25) is 0 Å². The minimum atomic E-state index is 1.08. The SMILES string of the molecule is C=Cc1cc2ccccc2cc1C(=C)C. The molecule has 0 heterocycles. The van der Waals surface area contributed by atoms with E-state index in [2.05, 4.69) is 49.6 Å². The molecule has 0 nitrogen and oxygen atoms in total. The first kappa shape index (κ1) is 9.72. The molecule has 0 heteroatoms. The summed E-state index contributed by atoms with van der Waals surface area (Å²) in [5, 5.41) is 2.50. The molecule has 2 aromatic rings. The molecule has 15 heavy (non-hydrogen) atoms. The molecule has 0 aromatic heterocycles. The summed E-state index contributed by atoms with van der Waals surface area (Å²) in [6.07, 6.45) is 1.89. The third-order valence-electron chi connectivity index (χ3n) is 2.60. The predicted octanol–water partition coefficient (Wildman–Crippen LogP) is 4.52. The van der Waals surface area contributed by atoms with E-state index >= 15 is 0 Å². The molecule has 0 N–H and O–H groups in total. The van der Waals surface area contributed by atoms with E-state index in [0.29, 0.717) is 0 Å². The van der Waals surface area contributed by atoms with Crippen molar-refractivity contribution >= 4 is 22.4 Å². The Morgan fingerprint density at radius 3 is 2.27 bits per heavy atom. The molecule has 0 aliphatic carbocycles. The zero-order valence-corrected chi connectivity index (χ0v) is 8.96. The molecule has 0 unspecified atom stereocenters. The molecule has 0 amide bonds. The Hall–Kier alpha value is -1.82. The van der Waals surface area contributed by atoms with Crippen molar-refractivity contribution < 1.29 is 0 Å². The molecule has 0 atom stereocenters. The third kappa shape index (κ3) is 1.71. The Labute approximate surface area is 90.6 Å². The van der Waals surface area contributed by atoms with Gasteiger partial charge in [-0.1, -0.05) is 49.1 Å². The molecule has 2 rings (SSSR count). The highest BCUT2D eigenvalue weighted by Crippen LogP contribution is 2.25. The summed E-state index contributed by atoms with van der Waals surface area (Å²) in [4.78, 5) is 0. The maximum Gasteiger partial charge on any atom is -0.0154 e. The highest BCUT2D eigenvalue weighted by atomic mass is 14.1. The Morgan fingerprint density at radius 2 is 1.73 bits per heavy atom. The van der Waals surface area contributed by atoms with E-state index < -0.39 is 0 Å². The fourth-order valence-corrected chi connectivity index (χ4v) is 1.80. The van der Waals surface area contributed by atoms with Gasteiger partial charge >= 0.3 is 0 Å². The second kappa shape index (κ2) is 3.74. The molecular formula is C15H14. The smallest absolute Gasteiger partial charge is 0.0154 e. The van der Waals surface area contributed by atoms with Crippen LogP contribution in [0.2, 0.25) is 0 Å². The second-order valence-corrected chi connectivity index (χ2v) is 3.77. The quantitative estimate of drug-likeness (QED) is 0.659. The second-order valence-electron chi connectivity index (χ2n) is 3.77. The molecule has 2 aromatic carbocycles. The van der Waals surface area contributed by atoms with Crippen LogP contribution in [-0.4, -0.2) is 0 Å². The van der Waals surface area contributed by atoms with Crippen molar-refractivity contribution in [2.24, 2.45) is 0 Å². The number of hydrogen-bond donors (Lipinski definition) is 0. The third-order valence-corrected chi connectivity index (χ3v) is 2.60. The lowest BCUT2D eigenvalue weighted by molar-refractivity contribution is 1.58. The standard InChI is InChI=1S/C15H14/c1-4-12-9-13-7-5-6-8-14(13)10-15(12)11(2)3/h4-10H,1-2H2,3H3. The minimum absolute atomic E-state index is 1.08. The molecule has 0 saturated heterocycles. The molecule has 0 saturated carbocycles. The Balaban J connectivity index is 2.80. The van der Waals surface area contributed by atoms with Gasteiger partial charge < -0.3 is 0 Å². The average molecular weight is 194 g/mol. The van der Waals surface area contributed by atoms with Gasteiger partial charge in [-0.2, -0.15) is 0 Å².